The molecule has 0 radical (unpaired) electrons. The quantitative estimate of drug-likeness (QED) is 0.881. The van der Waals surface area contributed by atoms with E-state index in [-0.39, 0.29) is 0 Å². The van der Waals surface area contributed by atoms with Gasteiger partial charge in [0.05, 0.1) is 0 Å². The monoisotopic (exact) mass is 300 g/mol. The number of nitrogens with two attached hydrogens (primary N) is 1. The molecule has 0 unspecified atom stereocenters. The van der Waals surface area contributed by atoms with Crippen molar-refractivity contribution >= 4 is 27.7 Å². The molecule has 1 aromatic rings. The first-order valence-electron chi connectivity index (χ1n) is 5.31. The van der Waals surface area contributed by atoms with Gasteiger partial charge in [0.15, 0.2) is 0 Å². The van der Waals surface area contributed by atoms with Crippen LogP contribution in [0.5, 0.6) is 0 Å². The van der Waals surface area contributed by atoms with Crippen molar-refractivity contribution in [1.29, 1.82) is 0 Å². The Bertz CT molecular complexity index is 413. The fourth-order valence-corrected chi connectivity index (χ4v) is 1.82. The van der Waals surface area contributed by atoms with Crippen molar-refractivity contribution in [2.24, 2.45) is 5.73 Å². The van der Waals surface area contributed by atoms with E-state index in [4.69, 9.17) is 10.5 Å². The fourth-order valence-electron chi connectivity index (χ4n) is 1.30. The SMILES string of the molecule is CC(C)(C)OC(=O)Nc1cccc(Br)c1CN. The average Bonchev–Trinajstić information content (AvgIpc) is 2.14. The first kappa shape index (κ1) is 14.0. The number of benzene rings is 1. The van der Waals surface area contributed by atoms with Crippen LogP contribution in [-0.2, 0) is 11.3 Å². The molecule has 0 aliphatic rings. The zero-order valence-corrected chi connectivity index (χ0v) is 11.8. The van der Waals surface area contributed by atoms with Crippen molar-refractivity contribution in [3.8, 4) is 0 Å². The standard InChI is InChI=1S/C12H17BrN2O2/c1-12(2,3)17-11(16)15-10-6-4-5-9(13)8(10)7-14/h4-6H,7,14H2,1-3H3,(H,15,16). The molecule has 4 nitrogen and oxygen atoms in total. The molecule has 5 heteroatoms. The van der Waals surface area contributed by atoms with Crippen LogP contribution in [0.4, 0.5) is 10.5 Å². The zero-order valence-electron chi connectivity index (χ0n) is 10.2. The Morgan fingerprint density at radius 2 is 2.12 bits per heavy atom. The second-order valence-corrected chi connectivity index (χ2v) is 5.45. The number of anilines is 1. The Labute approximate surface area is 110 Å². The minimum atomic E-state index is -0.515. The number of rotatable bonds is 2. The van der Waals surface area contributed by atoms with Crippen molar-refractivity contribution in [2.75, 3.05) is 5.32 Å². The van der Waals surface area contributed by atoms with Crippen molar-refractivity contribution in [3.05, 3.63) is 28.2 Å². The Kier molecular flexibility index (Phi) is 4.54. The van der Waals surface area contributed by atoms with E-state index in [1.54, 1.807) is 6.07 Å². The average molecular weight is 301 g/mol. The molecule has 0 bridgehead atoms. The Hall–Kier alpha value is -1.07. The van der Waals surface area contributed by atoms with E-state index in [9.17, 15) is 4.79 Å². The highest BCUT2D eigenvalue weighted by Gasteiger charge is 2.17. The summed E-state index contributed by atoms with van der Waals surface area (Å²) in [6.45, 7) is 5.79. The van der Waals surface area contributed by atoms with Gasteiger partial charge < -0.3 is 10.5 Å². The van der Waals surface area contributed by atoms with Gasteiger partial charge in [-0.1, -0.05) is 22.0 Å². The third-order valence-corrected chi connectivity index (χ3v) is 2.70. The summed E-state index contributed by atoms with van der Waals surface area (Å²) in [4.78, 5) is 11.6. The molecule has 1 amide bonds. The van der Waals surface area contributed by atoms with Crippen molar-refractivity contribution in [2.45, 2.75) is 32.9 Å². The van der Waals surface area contributed by atoms with E-state index in [1.807, 2.05) is 32.9 Å². The molecule has 1 aromatic carbocycles. The molecule has 3 N–H and O–H groups in total. The number of amides is 1. The van der Waals surface area contributed by atoms with Crippen LogP contribution in [0.1, 0.15) is 26.3 Å². The summed E-state index contributed by atoms with van der Waals surface area (Å²) in [5, 5.41) is 2.69. The van der Waals surface area contributed by atoms with Gasteiger partial charge in [-0.25, -0.2) is 4.79 Å². The summed E-state index contributed by atoms with van der Waals surface area (Å²) in [5.41, 5.74) is 6.63. The minimum Gasteiger partial charge on any atom is -0.444 e. The van der Waals surface area contributed by atoms with E-state index >= 15 is 0 Å². The van der Waals surface area contributed by atoms with Crippen molar-refractivity contribution in [3.63, 3.8) is 0 Å². The summed E-state index contributed by atoms with van der Waals surface area (Å²) in [7, 11) is 0. The smallest absolute Gasteiger partial charge is 0.412 e. The van der Waals surface area contributed by atoms with Crippen molar-refractivity contribution < 1.29 is 9.53 Å². The molecule has 0 atom stereocenters. The summed E-state index contributed by atoms with van der Waals surface area (Å²) in [6, 6.07) is 5.50. The molecule has 0 heterocycles. The lowest BCUT2D eigenvalue weighted by atomic mass is 10.2. The molecule has 0 spiro atoms. The molecule has 0 aliphatic heterocycles. The molecule has 17 heavy (non-hydrogen) atoms. The highest BCUT2D eigenvalue weighted by atomic mass is 79.9. The summed E-state index contributed by atoms with van der Waals surface area (Å²) in [6.07, 6.45) is -0.481. The Morgan fingerprint density at radius 3 is 2.65 bits per heavy atom. The maximum absolute atomic E-state index is 11.6. The summed E-state index contributed by atoms with van der Waals surface area (Å²) >= 11 is 3.39. The van der Waals surface area contributed by atoms with Crippen LogP contribution in [0, 0.1) is 0 Å². The third-order valence-electron chi connectivity index (χ3n) is 1.96. The lowest BCUT2D eigenvalue weighted by Gasteiger charge is -2.20. The maximum Gasteiger partial charge on any atom is 0.412 e. The third kappa shape index (κ3) is 4.36. The zero-order chi connectivity index (χ0) is 13.1. The van der Waals surface area contributed by atoms with Crippen molar-refractivity contribution in [1.82, 2.24) is 0 Å². The number of halogens is 1. The van der Waals surface area contributed by atoms with Gasteiger partial charge in [-0.2, -0.15) is 0 Å². The number of carbonyl (C=O) groups is 1. The second-order valence-electron chi connectivity index (χ2n) is 4.60. The summed E-state index contributed by atoms with van der Waals surface area (Å²) in [5.74, 6) is 0. The van der Waals surface area contributed by atoms with Crippen LogP contribution in [-0.4, -0.2) is 11.7 Å². The largest absolute Gasteiger partial charge is 0.444 e. The molecule has 94 valence electrons. The van der Waals surface area contributed by atoms with Crippen LogP contribution in [0.25, 0.3) is 0 Å². The highest BCUT2D eigenvalue weighted by molar-refractivity contribution is 9.10. The lowest BCUT2D eigenvalue weighted by molar-refractivity contribution is 0.0636. The maximum atomic E-state index is 11.6. The van der Waals surface area contributed by atoms with E-state index in [1.165, 1.54) is 0 Å². The van der Waals surface area contributed by atoms with Gasteiger partial charge in [-0.3, -0.25) is 5.32 Å². The van der Waals surface area contributed by atoms with E-state index in [0.29, 0.717) is 12.2 Å². The summed E-state index contributed by atoms with van der Waals surface area (Å²) < 4.78 is 6.04. The van der Waals surface area contributed by atoms with Gasteiger partial charge in [-0.05, 0) is 32.9 Å². The molecular formula is C12H17BrN2O2. The number of nitrogens with one attached hydrogen (secondary N) is 1. The molecule has 0 aliphatic carbocycles. The lowest BCUT2D eigenvalue weighted by Crippen LogP contribution is -2.27. The van der Waals surface area contributed by atoms with Gasteiger partial charge in [-0.15, -0.1) is 0 Å². The van der Waals surface area contributed by atoms with Crippen LogP contribution >= 0.6 is 15.9 Å². The predicted octanol–water partition coefficient (Wildman–Crippen LogP) is 3.25. The van der Waals surface area contributed by atoms with Gasteiger partial charge >= 0.3 is 6.09 Å². The number of ether oxygens (including phenoxy) is 1. The van der Waals surface area contributed by atoms with E-state index < -0.39 is 11.7 Å². The number of carbonyl (C=O) groups excluding carboxylic acids is 1. The van der Waals surface area contributed by atoms with Crippen LogP contribution < -0.4 is 11.1 Å². The number of hydrogen-bond acceptors (Lipinski definition) is 3. The topological polar surface area (TPSA) is 64.3 Å². The van der Waals surface area contributed by atoms with Gasteiger partial charge in [0.25, 0.3) is 0 Å². The molecular weight excluding hydrogens is 284 g/mol. The normalized spacial score (nSPS) is 11.1. The van der Waals surface area contributed by atoms with Crippen LogP contribution in [0.3, 0.4) is 0 Å². The first-order valence-corrected chi connectivity index (χ1v) is 6.10. The first-order chi connectivity index (χ1) is 7.83. The molecule has 1 rings (SSSR count). The van der Waals surface area contributed by atoms with Crippen LogP contribution in [0.15, 0.2) is 22.7 Å². The van der Waals surface area contributed by atoms with E-state index in [2.05, 4.69) is 21.2 Å². The fraction of sp³-hybridized carbons (Fsp3) is 0.417. The molecule has 0 saturated carbocycles. The molecule has 0 saturated heterocycles. The number of hydrogen-bond donors (Lipinski definition) is 2. The Morgan fingerprint density at radius 1 is 1.47 bits per heavy atom. The van der Waals surface area contributed by atoms with Gasteiger partial charge in [0, 0.05) is 22.3 Å². The second kappa shape index (κ2) is 5.51. The van der Waals surface area contributed by atoms with Crippen LogP contribution in [0.2, 0.25) is 0 Å². The Balaban J connectivity index is 2.82. The molecule has 0 fully saturated rings. The van der Waals surface area contributed by atoms with Gasteiger partial charge in [0.1, 0.15) is 5.60 Å². The predicted molar refractivity (Wildman–Crippen MR) is 71.9 cm³/mol. The minimum absolute atomic E-state index is 0.340. The van der Waals surface area contributed by atoms with E-state index in [0.717, 1.165) is 10.0 Å². The molecule has 0 aromatic heterocycles. The highest BCUT2D eigenvalue weighted by Crippen LogP contribution is 2.24. The van der Waals surface area contributed by atoms with Gasteiger partial charge in [0.2, 0.25) is 0 Å².